The third-order valence-electron chi connectivity index (χ3n) is 2.74. The molecule has 0 aliphatic carbocycles. The van der Waals surface area contributed by atoms with Gasteiger partial charge in [-0.2, -0.15) is 0 Å². The molecule has 3 N–H and O–H groups in total. The van der Waals surface area contributed by atoms with Crippen LogP contribution in [0.5, 0.6) is 0 Å². The molecule has 0 amide bonds. The number of hydrogen-bond acceptors (Lipinski definition) is 3. The van der Waals surface area contributed by atoms with E-state index >= 15 is 0 Å². The number of nitrogens with two attached hydrogens (primary N) is 1. The molecule has 1 atom stereocenters. The highest BCUT2D eigenvalue weighted by Gasteiger charge is 2.10. The summed E-state index contributed by atoms with van der Waals surface area (Å²) in [5, 5.41) is 3.41. The van der Waals surface area contributed by atoms with E-state index in [1.807, 2.05) is 30.3 Å². The number of rotatable bonds is 5. The van der Waals surface area contributed by atoms with E-state index in [9.17, 15) is 0 Å². The van der Waals surface area contributed by atoms with E-state index in [1.165, 1.54) is 0 Å². The maximum Gasteiger partial charge on any atom is 0.106 e. The summed E-state index contributed by atoms with van der Waals surface area (Å²) in [5.41, 5.74) is 7.52. The van der Waals surface area contributed by atoms with Gasteiger partial charge >= 0.3 is 0 Å². The number of furan rings is 1. The number of benzene rings is 1. The van der Waals surface area contributed by atoms with Crippen LogP contribution in [0.1, 0.15) is 18.2 Å². The third-order valence-corrected chi connectivity index (χ3v) is 3.45. The van der Waals surface area contributed by atoms with Gasteiger partial charge in [-0.1, -0.05) is 28.1 Å². The standard InChI is InChI=1S/C14H15BrN2OS/c1-9(7-11-3-2-6-18-11)17-13-8-10(15)4-5-12(13)14(16)19/h2-6,8-9,17H,7H2,1H3,(H2,16,19). The van der Waals surface area contributed by atoms with E-state index in [2.05, 4.69) is 28.2 Å². The smallest absolute Gasteiger partial charge is 0.106 e. The van der Waals surface area contributed by atoms with Gasteiger partial charge in [0.05, 0.1) is 6.26 Å². The molecule has 1 heterocycles. The number of hydrogen-bond donors (Lipinski definition) is 2. The number of thiocarbonyl (C=S) groups is 1. The lowest BCUT2D eigenvalue weighted by Gasteiger charge is -2.17. The van der Waals surface area contributed by atoms with Crippen molar-refractivity contribution < 1.29 is 4.42 Å². The van der Waals surface area contributed by atoms with Gasteiger partial charge in [0.1, 0.15) is 10.7 Å². The summed E-state index contributed by atoms with van der Waals surface area (Å²) in [6.45, 7) is 2.09. The van der Waals surface area contributed by atoms with E-state index in [1.54, 1.807) is 6.26 Å². The minimum absolute atomic E-state index is 0.216. The molecular weight excluding hydrogens is 324 g/mol. The topological polar surface area (TPSA) is 51.2 Å². The Bertz CT molecular complexity index is 569. The Morgan fingerprint density at radius 2 is 2.26 bits per heavy atom. The molecule has 0 aliphatic heterocycles. The van der Waals surface area contributed by atoms with Crippen molar-refractivity contribution in [2.45, 2.75) is 19.4 Å². The number of nitrogens with one attached hydrogen (secondary N) is 1. The predicted octanol–water partition coefficient (Wildman–Crippen LogP) is 3.72. The fraction of sp³-hybridized carbons (Fsp3) is 0.214. The molecule has 0 saturated carbocycles. The second-order valence-electron chi connectivity index (χ2n) is 4.38. The second-order valence-corrected chi connectivity index (χ2v) is 5.74. The van der Waals surface area contributed by atoms with E-state index in [-0.39, 0.29) is 6.04 Å². The first kappa shape index (κ1) is 14.1. The molecule has 1 unspecified atom stereocenters. The maximum atomic E-state index is 5.73. The van der Waals surface area contributed by atoms with Crippen LogP contribution in [-0.2, 0) is 6.42 Å². The SMILES string of the molecule is CC(Cc1ccco1)Nc1cc(Br)ccc1C(N)=S. The fourth-order valence-corrected chi connectivity index (χ4v) is 2.44. The zero-order valence-electron chi connectivity index (χ0n) is 10.5. The van der Waals surface area contributed by atoms with Gasteiger partial charge in [0.25, 0.3) is 0 Å². The van der Waals surface area contributed by atoms with Crippen molar-refractivity contribution in [2.75, 3.05) is 5.32 Å². The first-order valence-corrected chi connectivity index (χ1v) is 7.14. The molecule has 0 fully saturated rings. The van der Waals surface area contributed by atoms with Crippen molar-refractivity contribution >= 4 is 38.8 Å². The molecule has 0 spiro atoms. The minimum Gasteiger partial charge on any atom is -0.469 e. The molecule has 0 saturated heterocycles. The average Bonchev–Trinajstić information content (AvgIpc) is 2.81. The van der Waals surface area contributed by atoms with E-state index in [0.717, 1.165) is 27.9 Å². The van der Waals surface area contributed by atoms with Gasteiger partial charge in [0, 0.05) is 28.2 Å². The van der Waals surface area contributed by atoms with Gasteiger partial charge in [0.15, 0.2) is 0 Å². The molecular formula is C14H15BrN2OS. The Morgan fingerprint density at radius 1 is 1.47 bits per heavy atom. The highest BCUT2D eigenvalue weighted by molar-refractivity contribution is 9.10. The highest BCUT2D eigenvalue weighted by atomic mass is 79.9. The molecule has 1 aromatic carbocycles. The molecule has 3 nitrogen and oxygen atoms in total. The molecule has 5 heteroatoms. The molecule has 0 radical (unpaired) electrons. The van der Waals surface area contributed by atoms with Crippen LogP contribution in [0.15, 0.2) is 45.5 Å². The van der Waals surface area contributed by atoms with Gasteiger partial charge in [-0.15, -0.1) is 0 Å². The van der Waals surface area contributed by atoms with E-state index in [0.29, 0.717) is 4.99 Å². The molecule has 100 valence electrons. The quantitative estimate of drug-likeness (QED) is 0.815. The Hall–Kier alpha value is -1.33. The molecule has 0 bridgehead atoms. The van der Waals surface area contributed by atoms with Crippen LogP contribution < -0.4 is 11.1 Å². The summed E-state index contributed by atoms with van der Waals surface area (Å²) >= 11 is 8.52. The van der Waals surface area contributed by atoms with Crippen LogP contribution >= 0.6 is 28.1 Å². The lowest BCUT2D eigenvalue weighted by Crippen LogP contribution is -2.21. The minimum atomic E-state index is 0.216. The molecule has 0 aliphatic rings. The van der Waals surface area contributed by atoms with Crippen LogP contribution in [0.4, 0.5) is 5.69 Å². The first-order chi connectivity index (χ1) is 9.06. The summed E-state index contributed by atoms with van der Waals surface area (Å²) < 4.78 is 6.33. The predicted molar refractivity (Wildman–Crippen MR) is 85.5 cm³/mol. The van der Waals surface area contributed by atoms with Gasteiger partial charge < -0.3 is 15.5 Å². The van der Waals surface area contributed by atoms with E-state index < -0.39 is 0 Å². The summed E-state index contributed by atoms with van der Waals surface area (Å²) in [4.78, 5) is 0.389. The Balaban J connectivity index is 2.13. The van der Waals surface area contributed by atoms with Gasteiger partial charge in [0.2, 0.25) is 0 Å². The Kier molecular flexibility index (Phi) is 4.61. The van der Waals surface area contributed by atoms with E-state index in [4.69, 9.17) is 22.4 Å². The van der Waals surface area contributed by atoms with Gasteiger partial charge in [-0.05, 0) is 37.3 Å². The maximum absolute atomic E-state index is 5.73. The zero-order valence-corrected chi connectivity index (χ0v) is 12.9. The number of halogens is 1. The van der Waals surface area contributed by atoms with Crippen molar-refractivity contribution in [3.8, 4) is 0 Å². The normalized spacial score (nSPS) is 12.1. The molecule has 2 aromatic rings. The first-order valence-electron chi connectivity index (χ1n) is 5.94. The highest BCUT2D eigenvalue weighted by Crippen LogP contribution is 2.23. The molecule has 1 aromatic heterocycles. The number of anilines is 1. The Morgan fingerprint density at radius 3 is 2.89 bits per heavy atom. The average molecular weight is 339 g/mol. The van der Waals surface area contributed by atoms with Crippen molar-refractivity contribution in [3.63, 3.8) is 0 Å². The van der Waals surface area contributed by atoms with Gasteiger partial charge in [-0.25, -0.2) is 0 Å². The Labute approximate surface area is 126 Å². The van der Waals surface area contributed by atoms with Crippen LogP contribution in [0, 0.1) is 0 Å². The van der Waals surface area contributed by atoms with Crippen LogP contribution in [0.25, 0.3) is 0 Å². The summed E-state index contributed by atoms with van der Waals surface area (Å²) in [6, 6.07) is 9.89. The van der Waals surface area contributed by atoms with Crippen LogP contribution in [0.3, 0.4) is 0 Å². The second kappa shape index (κ2) is 6.21. The summed E-state index contributed by atoms with van der Waals surface area (Å²) in [7, 11) is 0. The van der Waals surface area contributed by atoms with Crippen molar-refractivity contribution in [2.24, 2.45) is 5.73 Å². The monoisotopic (exact) mass is 338 g/mol. The van der Waals surface area contributed by atoms with Crippen molar-refractivity contribution in [1.82, 2.24) is 0 Å². The largest absolute Gasteiger partial charge is 0.469 e. The van der Waals surface area contributed by atoms with Crippen LogP contribution in [0.2, 0.25) is 0 Å². The third kappa shape index (κ3) is 3.81. The molecule has 2 rings (SSSR count). The zero-order chi connectivity index (χ0) is 13.8. The lowest BCUT2D eigenvalue weighted by molar-refractivity contribution is 0.498. The van der Waals surface area contributed by atoms with Crippen LogP contribution in [-0.4, -0.2) is 11.0 Å². The van der Waals surface area contributed by atoms with Gasteiger partial charge in [-0.3, -0.25) is 0 Å². The van der Waals surface area contributed by atoms with Crippen molar-refractivity contribution in [1.29, 1.82) is 0 Å². The lowest BCUT2D eigenvalue weighted by atomic mass is 10.1. The summed E-state index contributed by atoms with van der Waals surface area (Å²) in [6.07, 6.45) is 2.48. The van der Waals surface area contributed by atoms with Crippen molar-refractivity contribution in [3.05, 3.63) is 52.4 Å². The molecule has 19 heavy (non-hydrogen) atoms. The summed E-state index contributed by atoms with van der Waals surface area (Å²) in [5.74, 6) is 0.951. The fourth-order valence-electron chi connectivity index (χ4n) is 1.90.